The number of phenols is 2. The van der Waals surface area contributed by atoms with Crippen molar-refractivity contribution in [2.45, 2.75) is 31.7 Å². The van der Waals surface area contributed by atoms with E-state index >= 15 is 0 Å². The molecule has 1 fully saturated rings. The van der Waals surface area contributed by atoms with Crippen molar-refractivity contribution < 1.29 is 29.6 Å². The minimum absolute atomic E-state index is 0.0528. The van der Waals surface area contributed by atoms with Crippen LogP contribution in [0.25, 0.3) is 10.8 Å². The molecule has 0 saturated carbocycles. The van der Waals surface area contributed by atoms with Gasteiger partial charge in [-0.25, -0.2) is 0 Å². The van der Waals surface area contributed by atoms with Gasteiger partial charge in [0, 0.05) is 16.5 Å². The number of benzene rings is 2. The number of carbonyl (C=O) groups is 1. The highest BCUT2D eigenvalue weighted by Gasteiger charge is 2.46. The summed E-state index contributed by atoms with van der Waals surface area (Å²) in [5.41, 5.74) is 0.542. The summed E-state index contributed by atoms with van der Waals surface area (Å²) in [4.78, 5) is 11.5. The van der Waals surface area contributed by atoms with Crippen molar-refractivity contribution in [3.63, 3.8) is 0 Å². The Labute approximate surface area is 125 Å². The fourth-order valence-corrected chi connectivity index (χ4v) is 3.43. The van der Waals surface area contributed by atoms with E-state index in [4.69, 9.17) is 9.47 Å². The Morgan fingerprint density at radius 1 is 1.23 bits per heavy atom. The van der Waals surface area contributed by atoms with Crippen LogP contribution in [0.4, 0.5) is 0 Å². The van der Waals surface area contributed by atoms with E-state index in [-0.39, 0.29) is 34.3 Å². The fraction of sp³-hybridized carbons (Fsp3) is 0.312. The Balaban J connectivity index is 2.10. The van der Waals surface area contributed by atoms with Crippen molar-refractivity contribution in [2.24, 2.45) is 0 Å². The standard InChI is InChI=1S/C16H13O6/c1-6-11-13(16-9(21-6)5-10(18)22-16)14(19)7-3-2-4-8(17)12(7)15(11)20/h2-4,6,9,16-17,19H,5H2,1H3/t6-,9-,16+/m1/s1. The molecule has 2 aromatic carbocycles. The van der Waals surface area contributed by atoms with E-state index in [0.29, 0.717) is 5.56 Å². The van der Waals surface area contributed by atoms with Gasteiger partial charge in [0.25, 0.3) is 0 Å². The molecule has 4 rings (SSSR count). The molecule has 2 aliphatic rings. The predicted octanol–water partition coefficient (Wildman–Crippen LogP) is 2.84. The molecule has 2 heterocycles. The van der Waals surface area contributed by atoms with Gasteiger partial charge in [-0.1, -0.05) is 12.1 Å². The van der Waals surface area contributed by atoms with Crippen LogP contribution >= 0.6 is 0 Å². The van der Waals surface area contributed by atoms with Gasteiger partial charge in [-0.2, -0.15) is 0 Å². The second kappa shape index (κ2) is 4.27. The minimum atomic E-state index is -0.779. The fourth-order valence-electron chi connectivity index (χ4n) is 3.43. The van der Waals surface area contributed by atoms with Gasteiger partial charge < -0.3 is 19.7 Å². The van der Waals surface area contributed by atoms with Crippen molar-refractivity contribution in [1.29, 1.82) is 0 Å². The first-order chi connectivity index (χ1) is 10.5. The van der Waals surface area contributed by atoms with Crippen LogP contribution in [0.3, 0.4) is 0 Å². The second-order valence-electron chi connectivity index (χ2n) is 5.64. The maximum atomic E-state index is 12.7. The van der Waals surface area contributed by atoms with E-state index in [1.807, 2.05) is 0 Å². The number of aromatic hydroxyl groups is 2. The quantitative estimate of drug-likeness (QED) is 0.729. The number of esters is 1. The molecule has 0 unspecified atom stereocenters. The summed E-state index contributed by atoms with van der Waals surface area (Å²) in [6, 6.07) is 4.49. The Bertz CT molecular complexity index is 812. The minimum Gasteiger partial charge on any atom is -0.507 e. The molecule has 0 aliphatic carbocycles. The number of phenolic OH excluding ortho intramolecular Hbond substituents is 2. The van der Waals surface area contributed by atoms with Crippen LogP contribution in [0.2, 0.25) is 0 Å². The van der Waals surface area contributed by atoms with Gasteiger partial charge in [0.15, 0.2) is 11.9 Å². The second-order valence-corrected chi connectivity index (χ2v) is 5.64. The van der Waals surface area contributed by atoms with Crippen molar-refractivity contribution in [2.75, 3.05) is 0 Å². The average molecular weight is 301 g/mol. The summed E-state index contributed by atoms with van der Waals surface area (Å²) in [6.45, 7) is 1.69. The third kappa shape index (κ3) is 1.55. The van der Waals surface area contributed by atoms with E-state index in [2.05, 4.69) is 0 Å². The highest BCUT2D eigenvalue weighted by molar-refractivity contribution is 6.00. The first-order valence-corrected chi connectivity index (χ1v) is 7.01. The molecule has 113 valence electrons. The number of rotatable bonds is 0. The monoisotopic (exact) mass is 301 g/mol. The molecule has 0 aromatic heterocycles. The largest absolute Gasteiger partial charge is 0.507 e. The lowest BCUT2D eigenvalue weighted by Gasteiger charge is -2.32. The van der Waals surface area contributed by atoms with Gasteiger partial charge in [-0.3, -0.25) is 9.90 Å². The van der Waals surface area contributed by atoms with Crippen LogP contribution in [-0.2, 0) is 19.4 Å². The molecule has 1 saturated heterocycles. The third-order valence-corrected chi connectivity index (χ3v) is 4.35. The van der Waals surface area contributed by atoms with E-state index in [9.17, 15) is 20.1 Å². The van der Waals surface area contributed by atoms with E-state index in [1.54, 1.807) is 19.1 Å². The molecule has 6 heteroatoms. The molecule has 0 amide bonds. The van der Waals surface area contributed by atoms with Gasteiger partial charge in [0.1, 0.15) is 17.6 Å². The van der Waals surface area contributed by atoms with E-state index < -0.39 is 30.0 Å². The van der Waals surface area contributed by atoms with E-state index in [0.717, 1.165) is 0 Å². The van der Waals surface area contributed by atoms with Crippen molar-refractivity contribution >= 4 is 16.7 Å². The van der Waals surface area contributed by atoms with Crippen molar-refractivity contribution in [3.05, 3.63) is 29.3 Å². The van der Waals surface area contributed by atoms with Gasteiger partial charge in [-0.05, 0) is 13.0 Å². The maximum absolute atomic E-state index is 12.7. The van der Waals surface area contributed by atoms with Gasteiger partial charge >= 0.3 is 5.97 Å². The number of carbonyl (C=O) groups excluding carboxylic acids is 1. The lowest BCUT2D eigenvalue weighted by atomic mass is 9.87. The first-order valence-electron chi connectivity index (χ1n) is 7.01. The molecular formula is C16H13O6. The lowest BCUT2D eigenvalue weighted by molar-refractivity contribution is -0.143. The third-order valence-electron chi connectivity index (χ3n) is 4.35. The average Bonchev–Trinajstić information content (AvgIpc) is 2.83. The number of hydrogen-bond acceptors (Lipinski definition) is 5. The molecular weight excluding hydrogens is 288 g/mol. The molecule has 3 atom stereocenters. The van der Waals surface area contributed by atoms with Crippen LogP contribution in [-0.4, -0.2) is 22.3 Å². The lowest BCUT2D eigenvalue weighted by Crippen LogP contribution is -2.26. The zero-order valence-corrected chi connectivity index (χ0v) is 11.7. The van der Waals surface area contributed by atoms with Gasteiger partial charge in [-0.15, -0.1) is 0 Å². The normalized spacial score (nSPS) is 26.6. The Morgan fingerprint density at radius 2 is 2.00 bits per heavy atom. The summed E-state index contributed by atoms with van der Waals surface area (Å²) in [5, 5.41) is 33.6. The summed E-state index contributed by atoms with van der Waals surface area (Å²) in [6.07, 6.45) is -1.78. The molecule has 0 spiro atoms. The SMILES string of the molecule is C[C@H]1O[C@@H]2CC(=O)O[C@@H]2c2c1c([O])c1c(O)cccc1c2O. The molecule has 2 aromatic rings. The smallest absolute Gasteiger partial charge is 0.309 e. The zero-order chi connectivity index (χ0) is 15.6. The molecule has 1 radical (unpaired) electrons. The topological polar surface area (TPSA) is 95.9 Å². The molecule has 6 nitrogen and oxygen atoms in total. The maximum Gasteiger partial charge on any atom is 0.309 e. The molecule has 2 N–H and O–H groups in total. The summed E-state index contributed by atoms with van der Waals surface area (Å²) in [7, 11) is 0. The Kier molecular flexibility index (Phi) is 2.56. The Hall–Kier alpha value is -2.47. The van der Waals surface area contributed by atoms with Gasteiger partial charge in [0.2, 0.25) is 0 Å². The molecule has 0 bridgehead atoms. The van der Waals surface area contributed by atoms with Crippen LogP contribution < -0.4 is 0 Å². The molecule has 2 aliphatic heterocycles. The van der Waals surface area contributed by atoms with Crippen LogP contribution in [0, 0.1) is 0 Å². The van der Waals surface area contributed by atoms with Gasteiger partial charge in [0.05, 0.1) is 17.9 Å². The number of hydrogen-bond donors (Lipinski definition) is 2. The highest BCUT2D eigenvalue weighted by Crippen LogP contribution is 2.54. The highest BCUT2D eigenvalue weighted by atomic mass is 16.6. The van der Waals surface area contributed by atoms with Crippen LogP contribution in [0.5, 0.6) is 17.2 Å². The van der Waals surface area contributed by atoms with Crippen LogP contribution in [0.15, 0.2) is 18.2 Å². The Morgan fingerprint density at radius 3 is 2.77 bits per heavy atom. The predicted molar refractivity (Wildman–Crippen MR) is 74.1 cm³/mol. The summed E-state index contributed by atoms with van der Waals surface area (Å²) in [5.74, 6) is -1.16. The van der Waals surface area contributed by atoms with Crippen molar-refractivity contribution in [1.82, 2.24) is 0 Å². The zero-order valence-electron chi connectivity index (χ0n) is 11.7. The van der Waals surface area contributed by atoms with Crippen LogP contribution in [0.1, 0.15) is 36.7 Å². The first kappa shape index (κ1) is 13.2. The van der Waals surface area contributed by atoms with E-state index in [1.165, 1.54) is 6.07 Å². The number of fused-ring (bicyclic) bond motifs is 4. The summed E-state index contributed by atoms with van der Waals surface area (Å²) >= 11 is 0. The summed E-state index contributed by atoms with van der Waals surface area (Å²) < 4.78 is 10.9. The molecule has 22 heavy (non-hydrogen) atoms. The van der Waals surface area contributed by atoms with Crippen molar-refractivity contribution in [3.8, 4) is 17.2 Å². The number of ether oxygens (including phenoxy) is 2.